The highest BCUT2D eigenvalue weighted by Gasteiger charge is 2.31. The van der Waals surface area contributed by atoms with Crippen LogP contribution in [0.25, 0.3) is 0 Å². The normalized spacial score (nSPS) is 32.5. The molecule has 0 spiro atoms. The van der Waals surface area contributed by atoms with Crippen LogP contribution in [0.5, 0.6) is 0 Å². The summed E-state index contributed by atoms with van der Waals surface area (Å²) in [7, 11) is 0. The lowest BCUT2D eigenvalue weighted by Gasteiger charge is -2.42. The predicted octanol–water partition coefficient (Wildman–Crippen LogP) is 3.70. The minimum Gasteiger partial charge on any atom is -0.303 e. The van der Waals surface area contributed by atoms with E-state index in [4.69, 9.17) is 0 Å². The molecule has 0 aromatic rings. The quantitative estimate of drug-likeness (QED) is 0.750. The number of thiol groups is 1. The van der Waals surface area contributed by atoms with Crippen LogP contribution in [0.3, 0.4) is 0 Å². The summed E-state index contributed by atoms with van der Waals surface area (Å²) in [5, 5.41) is 0. The largest absolute Gasteiger partial charge is 0.303 e. The van der Waals surface area contributed by atoms with E-state index in [1.165, 1.54) is 51.7 Å². The second-order valence-corrected chi connectivity index (χ2v) is 6.90. The lowest BCUT2D eigenvalue weighted by molar-refractivity contribution is 0.0728. The predicted molar refractivity (Wildman–Crippen MR) is 78.7 cm³/mol. The Bertz CT molecular complexity index is 229. The van der Waals surface area contributed by atoms with E-state index in [1.54, 1.807) is 0 Å². The Labute approximate surface area is 113 Å². The average Bonchev–Trinajstić information content (AvgIpc) is 2.35. The number of rotatable bonds is 4. The monoisotopic (exact) mass is 255 g/mol. The molecule has 17 heavy (non-hydrogen) atoms. The van der Waals surface area contributed by atoms with Crippen molar-refractivity contribution in [1.82, 2.24) is 4.90 Å². The maximum atomic E-state index is 4.52. The Hall–Kier alpha value is 0.310. The fraction of sp³-hybridized carbons (Fsp3) is 1.00. The van der Waals surface area contributed by atoms with Gasteiger partial charge in [-0.3, -0.25) is 0 Å². The Balaban J connectivity index is 1.82. The highest BCUT2D eigenvalue weighted by Crippen LogP contribution is 2.36. The van der Waals surface area contributed by atoms with E-state index in [0.717, 1.165) is 29.4 Å². The van der Waals surface area contributed by atoms with Gasteiger partial charge in [0.05, 0.1) is 0 Å². The number of fused-ring (bicyclic) bond motifs is 1. The molecule has 2 aliphatic rings. The van der Waals surface area contributed by atoms with Crippen LogP contribution in [0.1, 0.15) is 46.0 Å². The second kappa shape index (κ2) is 6.47. The van der Waals surface area contributed by atoms with Gasteiger partial charge in [-0.1, -0.05) is 33.1 Å². The van der Waals surface area contributed by atoms with Crippen LogP contribution in [0, 0.1) is 23.7 Å². The van der Waals surface area contributed by atoms with Crippen LogP contribution in [0.4, 0.5) is 0 Å². The van der Waals surface area contributed by atoms with Gasteiger partial charge in [-0.05, 0) is 48.8 Å². The van der Waals surface area contributed by atoms with Crippen LogP contribution in [0.2, 0.25) is 0 Å². The number of hydrogen-bond donors (Lipinski definition) is 1. The standard InChI is InChI=1S/C15H29NS/c1-12(2)15(11-17)10-16-8-7-13-5-3-4-6-14(13)9-16/h12-15,17H,3-11H2,1-2H3. The lowest BCUT2D eigenvalue weighted by atomic mass is 9.75. The minimum atomic E-state index is 0.775. The first-order valence-electron chi connectivity index (χ1n) is 7.54. The van der Waals surface area contributed by atoms with Crippen molar-refractivity contribution < 1.29 is 0 Å². The number of likely N-dealkylation sites (tertiary alicyclic amines) is 1. The van der Waals surface area contributed by atoms with E-state index in [1.807, 2.05) is 0 Å². The van der Waals surface area contributed by atoms with Crippen molar-refractivity contribution in [3.8, 4) is 0 Å². The van der Waals surface area contributed by atoms with Gasteiger partial charge < -0.3 is 4.90 Å². The first kappa shape index (κ1) is 13.7. The summed E-state index contributed by atoms with van der Waals surface area (Å²) in [5.74, 6) is 4.68. The summed E-state index contributed by atoms with van der Waals surface area (Å²) in [6, 6.07) is 0. The first-order valence-corrected chi connectivity index (χ1v) is 8.17. The first-order chi connectivity index (χ1) is 8.20. The molecule has 1 nitrogen and oxygen atoms in total. The van der Waals surface area contributed by atoms with Gasteiger partial charge in [-0.15, -0.1) is 0 Å². The van der Waals surface area contributed by atoms with Crippen molar-refractivity contribution >= 4 is 12.6 Å². The molecular weight excluding hydrogens is 226 g/mol. The summed E-state index contributed by atoms with van der Waals surface area (Å²) in [5.41, 5.74) is 0. The van der Waals surface area contributed by atoms with E-state index in [9.17, 15) is 0 Å². The van der Waals surface area contributed by atoms with Gasteiger partial charge in [0, 0.05) is 13.1 Å². The van der Waals surface area contributed by atoms with Crippen molar-refractivity contribution in [2.45, 2.75) is 46.0 Å². The van der Waals surface area contributed by atoms with E-state index in [-0.39, 0.29) is 0 Å². The van der Waals surface area contributed by atoms with Gasteiger partial charge in [0.25, 0.3) is 0 Å². The molecule has 1 aliphatic carbocycles. The molecule has 3 atom stereocenters. The van der Waals surface area contributed by atoms with E-state index >= 15 is 0 Å². The molecular formula is C15H29NS. The highest BCUT2D eigenvalue weighted by molar-refractivity contribution is 7.80. The SMILES string of the molecule is CC(C)C(CS)CN1CCC2CCCCC2C1. The van der Waals surface area contributed by atoms with Crippen LogP contribution in [-0.2, 0) is 0 Å². The minimum absolute atomic E-state index is 0.775. The zero-order valence-corrected chi connectivity index (χ0v) is 12.5. The van der Waals surface area contributed by atoms with Crippen molar-refractivity contribution in [2.24, 2.45) is 23.7 Å². The third-order valence-corrected chi connectivity index (χ3v) is 5.51. The molecule has 0 radical (unpaired) electrons. The van der Waals surface area contributed by atoms with Gasteiger partial charge in [0.1, 0.15) is 0 Å². The van der Waals surface area contributed by atoms with Crippen LogP contribution in [-0.4, -0.2) is 30.3 Å². The Morgan fingerprint density at radius 2 is 1.82 bits per heavy atom. The molecule has 1 aliphatic heterocycles. The van der Waals surface area contributed by atoms with Gasteiger partial charge in [0.15, 0.2) is 0 Å². The lowest BCUT2D eigenvalue weighted by Crippen LogP contribution is -2.44. The maximum Gasteiger partial charge on any atom is 0.00200 e. The molecule has 3 unspecified atom stereocenters. The van der Waals surface area contributed by atoms with Crippen LogP contribution in [0.15, 0.2) is 0 Å². The summed E-state index contributed by atoms with van der Waals surface area (Å²) >= 11 is 4.52. The average molecular weight is 255 g/mol. The van der Waals surface area contributed by atoms with E-state index in [0.29, 0.717) is 0 Å². The molecule has 0 aromatic carbocycles. The molecule has 0 aromatic heterocycles. The molecule has 1 saturated carbocycles. The number of nitrogens with zero attached hydrogens (tertiary/aromatic N) is 1. The van der Waals surface area contributed by atoms with Crippen LogP contribution < -0.4 is 0 Å². The van der Waals surface area contributed by atoms with Gasteiger partial charge in [0.2, 0.25) is 0 Å². The smallest absolute Gasteiger partial charge is 0.00200 e. The molecule has 2 fully saturated rings. The summed E-state index contributed by atoms with van der Waals surface area (Å²) in [4.78, 5) is 2.73. The molecule has 2 rings (SSSR count). The van der Waals surface area contributed by atoms with Crippen LogP contribution >= 0.6 is 12.6 Å². The topological polar surface area (TPSA) is 3.24 Å². The van der Waals surface area contributed by atoms with E-state index < -0.39 is 0 Å². The molecule has 1 heterocycles. The van der Waals surface area contributed by atoms with Gasteiger partial charge in [-0.2, -0.15) is 12.6 Å². The molecule has 1 saturated heterocycles. The van der Waals surface area contributed by atoms with Gasteiger partial charge in [-0.25, -0.2) is 0 Å². The molecule has 0 bridgehead atoms. The van der Waals surface area contributed by atoms with Crippen molar-refractivity contribution in [3.63, 3.8) is 0 Å². The number of hydrogen-bond acceptors (Lipinski definition) is 2. The fourth-order valence-electron chi connectivity index (χ4n) is 3.65. The third kappa shape index (κ3) is 3.64. The summed E-state index contributed by atoms with van der Waals surface area (Å²) in [6.45, 7) is 8.69. The van der Waals surface area contributed by atoms with Crippen molar-refractivity contribution in [2.75, 3.05) is 25.4 Å². The zero-order chi connectivity index (χ0) is 12.3. The Morgan fingerprint density at radius 3 is 2.47 bits per heavy atom. The summed E-state index contributed by atoms with van der Waals surface area (Å²) < 4.78 is 0. The highest BCUT2D eigenvalue weighted by atomic mass is 32.1. The number of piperidine rings is 1. The maximum absolute atomic E-state index is 4.52. The third-order valence-electron chi connectivity index (χ3n) is 5.05. The summed E-state index contributed by atoms with van der Waals surface area (Å²) in [6.07, 6.45) is 7.44. The Morgan fingerprint density at radius 1 is 1.12 bits per heavy atom. The fourth-order valence-corrected chi connectivity index (χ4v) is 4.19. The second-order valence-electron chi connectivity index (χ2n) is 6.54. The Kier molecular flexibility index (Phi) is 5.23. The molecule has 0 amide bonds. The molecule has 100 valence electrons. The van der Waals surface area contributed by atoms with Gasteiger partial charge >= 0.3 is 0 Å². The van der Waals surface area contributed by atoms with Crippen molar-refractivity contribution in [3.05, 3.63) is 0 Å². The molecule has 0 N–H and O–H groups in total. The van der Waals surface area contributed by atoms with E-state index in [2.05, 4.69) is 31.4 Å². The molecule has 2 heteroatoms. The van der Waals surface area contributed by atoms with Crippen molar-refractivity contribution in [1.29, 1.82) is 0 Å². The zero-order valence-electron chi connectivity index (χ0n) is 11.6.